The second-order valence-corrected chi connectivity index (χ2v) is 10.1. The van der Waals surface area contributed by atoms with Crippen LogP contribution >= 0.6 is 0 Å². The first kappa shape index (κ1) is 21.8. The van der Waals surface area contributed by atoms with Gasteiger partial charge >= 0.3 is 0 Å². The van der Waals surface area contributed by atoms with Crippen molar-refractivity contribution in [2.45, 2.75) is 31.4 Å². The average molecular weight is 446 g/mol. The molecule has 0 atom stereocenters. The van der Waals surface area contributed by atoms with Crippen LogP contribution in [0.2, 0.25) is 0 Å². The summed E-state index contributed by atoms with van der Waals surface area (Å²) in [5, 5.41) is 0.756. The summed E-state index contributed by atoms with van der Waals surface area (Å²) >= 11 is 0. The van der Waals surface area contributed by atoms with E-state index in [4.69, 9.17) is 4.74 Å². The number of ether oxygens (including phenoxy) is 1. The van der Waals surface area contributed by atoms with Crippen LogP contribution in [-0.2, 0) is 16.6 Å². The largest absolute Gasteiger partial charge is 0.490 e. The molecule has 1 aliphatic rings. The molecule has 0 spiro atoms. The summed E-state index contributed by atoms with van der Waals surface area (Å²) in [4.78, 5) is 4.74. The number of fused-ring (bicyclic) bond motifs is 1. The highest BCUT2D eigenvalue weighted by atomic mass is 32.2. The number of hydrogen-bond acceptors (Lipinski definition) is 5. The molecule has 1 fully saturated rings. The smallest absolute Gasteiger partial charge is 0.268 e. The lowest BCUT2D eigenvalue weighted by molar-refractivity contribution is 0.145. The second-order valence-electron chi connectivity index (χ2n) is 8.30. The van der Waals surface area contributed by atoms with Crippen molar-refractivity contribution in [3.8, 4) is 5.75 Å². The van der Waals surface area contributed by atoms with E-state index in [-0.39, 0.29) is 11.0 Å². The summed E-state index contributed by atoms with van der Waals surface area (Å²) in [6.45, 7) is 8.69. The molecule has 2 aromatic carbocycles. The summed E-state index contributed by atoms with van der Waals surface area (Å²) in [6.07, 6.45) is 1.49. The Kier molecular flexibility index (Phi) is 6.05. The highest BCUT2D eigenvalue weighted by molar-refractivity contribution is 7.90. The van der Waals surface area contributed by atoms with E-state index in [2.05, 4.69) is 16.8 Å². The van der Waals surface area contributed by atoms with Gasteiger partial charge in [-0.2, -0.15) is 0 Å². The summed E-state index contributed by atoms with van der Waals surface area (Å²) in [5.74, 6) is 0.247. The predicted molar refractivity (Wildman–Crippen MR) is 119 cm³/mol. The van der Waals surface area contributed by atoms with Gasteiger partial charge in [-0.25, -0.2) is 16.8 Å². The van der Waals surface area contributed by atoms with Gasteiger partial charge < -0.3 is 9.64 Å². The van der Waals surface area contributed by atoms with Crippen molar-refractivity contribution in [1.82, 2.24) is 13.8 Å². The van der Waals surface area contributed by atoms with Crippen molar-refractivity contribution in [3.63, 3.8) is 0 Å². The third-order valence-corrected chi connectivity index (χ3v) is 7.29. The standard InChI is InChI=1S/C23H28FN3O3S/c1-17(2)30-23-18(16-26-14-12-25(3)13-15-26)4-9-22-21(23)10-11-27(22)31(28,29)20-7-5-19(24)6-8-20/h4-11,17H,12-16H2,1-3H3. The van der Waals surface area contributed by atoms with Gasteiger partial charge in [-0.3, -0.25) is 4.90 Å². The molecule has 1 saturated heterocycles. The molecule has 31 heavy (non-hydrogen) atoms. The number of hydrogen-bond donors (Lipinski definition) is 0. The van der Waals surface area contributed by atoms with Crippen molar-refractivity contribution in [2.24, 2.45) is 0 Å². The molecule has 1 aromatic heterocycles. The van der Waals surface area contributed by atoms with E-state index in [9.17, 15) is 12.8 Å². The van der Waals surface area contributed by atoms with Gasteiger partial charge in [-0.15, -0.1) is 0 Å². The van der Waals surface area contributed by atoms with Crippen LogP contribution in [0.3, 0.4) is 0 Å². The first-order valence-electron chi connectivity index (χ1n) is 10.5. The van der Waals surface area contributed by atoms with Crippen LogP contribution < -0.4 is 4.74 Å². The van der Waals surface area contributed by atoms with E-state index in [1.165, 1.54) is 22.3 Å². The highest BCUT2D eigenvalue weighted by Crippen LogP contribution is 2.34. The van der Waals surface area contributed by atoms with Crippen molar-refractivity contribution in [3.05, 3.63) is 60.0 Å². The molecule has 1 aliphatic heterocycles. The van der Waals surface area contributed by atoms with Gasteiger partial charge in [0.15, 0.2) is 0 Å². The molecule has 0 bridgehead atoms. The van der Waals surface area contributed by atoms with E-state index in [0.29, 0.717) is 5.52 Å². The number of likely N-dealkylation sites (N-methyl/N-ethyl adjacent to an activating group) is 1. The quantitative estimate of drug-likeness (QED) is 0.581. The summed E-state index contributed by atoms with van der Waals surface area (Å²) in [6, 6.07) is 10.4. The maximum absolute atomic E-state index is 13.3. The fourth-order valence-electron chi connectivity index (χ4n) is 3.89. The predicted octanol–water partition coefficient (Wildman–Crippen LogP) is 3.55. The van der Waals surface area contributed by atoms with E-state index in [1.54, 1.807) is 6.07 Å². The normalized spacial score (nSPS) is 16.3. The summed E-state index contributed by atoms with van der Waals surface area (Å²) in [7, 11) is -1.73. The third-order valence-electron chi connectivity index (χ3n) is 5.58. The molecule has 4 rings (SSSR count). The van der Waals surface area contributed by atoms with Gasteiger partial charge in [-0.05, 0) is 57.3 Å². The van der Waals surface area contributed by atoms with E-state index >= 15 is 0 Å². The van der Waals surface area contributed by atoms with Crippen molar-refractivity contribution in [2.75, 3.05) is 33.2 Å². The molecule has 0 radical (unpaired) electrons. The second kappa shape index (κ2) is 8.61. The van der Waals surface area contributed by atoms with Gasteiger partial charge in [0.05, 0.1) is 16.5 Å². The zero-order valence-corrected chi connectivity index (χ0v) is 18.9. The van der Waals surface area contributed by atoms with Crippen LogP contribution in [-0.4, -0.2) is 61.5 Å². The first-order chi connectivity index (χ1) is 14.8. The maximum Gasteiger partial charge on any atom is 0.268 e. The Hall–Kier alpha value is -2.42. The molecular formula is C23H28FN3O3S. The molecule has 3 aromatic rings. The molecule has 8 heteroatoms. The van der Waals surface area contributed by atoms with Crippen LogP contribution in [0.15, 0.2) is 53.6 Å². The monoisotopic (exact) mass is 445 g/mol. The van der Waals surface area contributed by atoms with Crippen LogP contribution in [0.25, 0.3) is 10.9 Å². The number of piperazine rings is 1. The topological polar surface area (TPSA) is 54.8 Å². The molecule has 0 unspecified atom stereocenters. The van der Waals surface area contributed by atoms with Gasteiger partial charge in [0.25, 0.3) is 10.0 Å². The first-order valence-corrected chi connectivity index (χ1v) is 11.9. The minimum Gasteiger partial charge on any atom is -0.490 e. The zero-order valence-electron chi connectivity index (χ0n) is 18.1. The third kappa shape index (κ3) is 4.46. The SMILES string of the molecule is CC(C)Oc1c(CN2CCN(C)CC2)ccc2c1ccn2S(=O)(=O)c1ccc(F)cc1. The molecule has 0 N–H and O–H groups in total. The van der Waals surface area contributed by atoms with Gasteiger partial charge in [0.2, 0.25) is 0 Å². The van der Waals surface area contributed by atoms with Crippen LogP contribution in [0, 0.1) is 5.82 Å². The number of halogens is 1. The van der Waals surface area contributed by atoms with Gasteiger partial charge in [0.1, 0.15) is 11.6 Å². The molecule has 166 valence electrons. The number of nitrogens with zero attached hydrogens (tertiary/aromatic N) is 3. The Morgan fingerprint density at radius 1 is 1.00 bits per heavy atom. The van der Waals surface area contributed by atoms with Crippen LogP contribution in [0.5, 0.6) is 5.75 Å². The maximum atomic E-state index is 13.3. The molecule has 2 heterocycles. The molecule has 0 aliphatic carbocycles. The molecule has 0 saturated carbocycles. The van der Waals surface area contributed by atoms with Crippen molar-refractivity contribution in [1.29, 1.82) is 0 Å². The van der Waals surface area contributed by atoms with E-state index < -0.39 is 15.8 Å². The lowest BCUT2D eigenvalue weighted by atomic mass is 10.1. The average Bonchev–Trinajstić information content (AvgIpc) is 3.17. The fourth-order valence-corrected chi connectivity index (χ4v) is 5.23. The Morgan fingerprint density at radius 3 is 2.32 bits per heavy atom. The van der Waals surface area contributed by atoms with E-state index in [1.807, 2.05) is 26.0 Å². The molecule has 6 nitrogen and oxygen atoms in total. The van der Waals surface area contributed by atoms with Crippen LogP contribution in [0.1, 0.15) is 19.4 Å². The Bertz CT molecular complexity index is 1160. The molecular weight excluding hydrogens is 417 g/mol. The Balaban J connectivity index is 1.75. The number of aromatic nitrogens is 1. The Morgan fingerprint density at radius 2 is 1.68 bits per heavy atom. The van der Waals surface area contributed by atoms with Crippen molar-refractivity contribution < 1.29 is 17.5 Å². The molecule has 0 amide bonds. The minimum atomic E-state index is -3.85. The van der Waals surface area contributed by atoms with E-state index in [0.717, 1.165) is 61.6 Å². The summed E-state index contributed by atoms with van der Waals surface area (Å²) < 4.78 is 47.0. The fraction of sp³-hybridized carbons (Fsp3) is 0.391. The highest BCUT2D eigenvalue weighted by Gasteiger charge is 2.23. The van der Waals surface area contributed by atoms with Crippen molar-refractivity contribution >= 4 is 20.9 Å². The zero-order chi connectivity index (χ0) is 22.2. The number of benzene rings is 2. The number of rotatable bonds is 6. The van der Waals surface area contributed by atoms with Gasteiger partial charge in [0, 0.05) is 49.9 Å². The van der Waals surface area contributed by atoms with Crippen LogP contribution in [0.4, 0.5) is 4.39 Å². The Labute approximate surface area is 182 Å². The lowest BCUT2D eigenvalue weighted by Gasteiger charge is -2.32. The lowest BCUT2D eigenvalue weighted by Crippen LogP contribution is -2.43. The van der Waals surface area contributed by atoms with Gasteiger partial charge in [-0.1, -0.05) is 6.07 Å². The minimum absolute atomic E-state index is 0.0410. The summed E-state index contributed by atoms with van der Waals surface area (Å²) in [5.41, 5.74) is 1.59.